The van der Waals surface area contributed by atoms with Gasteiger partial charge in [0.05, 0.1) is 5.56 Å². The second-order valence-corrected chi connectivity index (χ2v) is 6.29. The summed E-state index contributed by atoms with van der Waals surface area (Å²) in [6.07, 6.45) is 1.89. The molecule has 0 bridgehead atoms. The topological polar surface area (TPSA) is 42.0 Å². The first-order chi connectivity index (χ1) is 11.7. The molecule has 0 fully saturated rings. The quantitative estimate of drug-likeness (QED) is 0.823. The van der Waals surface area contributed by atoms with Gasteiger partial charge < -0.3 is 5.32 Å². The van der Waals surface area contributed by atoms with Crippen molar-refractivity contribution in [3.05, 3.63) is 71.6 Å². The molecule has 2 rings (SSSR count). The van der Waals surface area contributed by atoms with Gasteiger partial charge in [0.25, 0.3) is 0 Å². The van der Waals surface area contributed by atoms with Crippen LogP contribution in [0.3, 0.4) is 0 Å². The highest BCUT2D eigenvalue weighted by Crippen LogP contribution is 2.32. The highest BCUT2D eigenvalue weighted by Gasteiger charge is 2.32. The summed E-state index contributed by atoms with van der Waals surface area (Å²) in [5.74, 6) is -0.308. The standard InChI is InChI=1S/C19H19F3N2O/c1-18(2,15-4-3-5-16(12-15)19(20,21)22)13-24-17(25)7-6-14-8-10-23-11-9-14/h3-12H,13H2,1-2H3,(H,24,25)/b7-6+. The average molecular weight is 348 g/mol. The van der Waals surface area contributed by atoms with Crippen molar-refractivity contribution in [1.29, 1.82) is 0 Å². The Kier molecular flexibility index (Phi) is 5.62. The van der Waals surface area contributed by atoms with Gasteiger partial charge in [0, 0.05) is 30.4 Å². The fraction of sp³-hybridized carbons (Fsp3) is 0.263. The monoisotopic (exact) mass is 348 g/mol. The van der Waals surface area contributed by atoms with Crippen LogP contribution in [0.5, 0.6) is 0 Å². The number of hydrogen-bond donors (Lipinski definition) is 1. The summed E-state index contributed by atoms with van der Waals surface area (Å²) in [4.78, 5) is 15.8. The van der Waals surface area contributed by atoms with Crippen LogP contribution in [0.25, 0.3) is 6.08 Å². The summed E-state index contributed by atoms with van der Waals surface area (Å²) in [7, 11) is 0. The predicted molar refractivity (Wildman–Crippen MR) is 90.8 cm³/mol. The van der Waals surface area contributed by atoms with Crippen molar-refractivity contribution in [3.63, 3.8) is 0 Å². The molecule has 1 N–H and O–H groups in total. The molecule has 3 nitrogen and oxygen atoms in total. The summed E-state index contributed by atoms with van der Waals surface area (Å²) < 4.78 is 38.5. The van der Waals surface area contributed by atoms with Gasteiger partial charge in [0.1, 0.15) is 0 Å². The van der Waals surface area contributed by atoms with E-state index in [2.05, 4.69) is 10.3 Å². The molecule has 1 aromatic carbocycles. The molecule has 0 spiro atoms. The maximum absolute atomic E-state index is 12.8. The Bertz CT molecular complexity index is 753. The number of benzene rings is 1. The first-order valence-corrected chi connectivity index (χ1v) is 7.72. The van der Waals surface area contributed by atoms with E-state index in [0.29, 0.717) is 5.56 Å². The zero-order valence-electron chi connectivity index (χ0n) is 14.0. The van der Waals surface area contributed by atoms with Crippen LogP contribution in [-0.4, -0.2) is 17.4 Å². The van der Waals surface area contributed by atoms with Crippen LogP contribution in [-0.2, 0) is 16.4 Å². The Hall–Kier alpha value is -2.63. The van der Waals surface area contributed by atoms with Gasteiger partial charge in [-0.15, -0.1) is 0 Å². The lowest BCUT2D eigenvalue weighted by Crippen LogP contribution is -2.36. The van der Waals surface area contributed by atoms with Gasteiger partial charge in [-0.3, -0.25) is 9.78 Å². The Morgan fingerprint density at radius 1 is 1.12 bits per heavy atom. The minimum atomic E-state index is -4.39. The van der Waals surface area contributed by atoms with Crippen LogP contribution >= 0.6 is 0 Å². The highest BCUT2D eigenvalue weighted by molar-refractivity contribution is 5.91. The van der Waals surface area contributed by atoms with Crippen molar-refractivity contribution in [2.75, 3.05) is 6.54 Å². The Labute approximate surface area is 144 Å². The predicted octanol–water partition coefficient (Wildman–Crippen LogP) is 4.21. The molecule has 25 heavy (non-hydrogen) atoms. The van der Waals surface area contributed by atoms with Crippen LogP contribution in [0.2, 0.25) is 0 Å². The summed E-state index contributed by atoms with van der Waals surface area (Å²) >= 11 is 0. The molecule has 6 heteroatoms. The molecule has 1 heterocycles. The molecular formula is C19H19F3N2O. The molecule has 0 aliphatic rings. The van der Waals surface area contributed by atoms with Gasteiger partial charge in [0.2, 0.25) is 5.91 Å². The molecule has 0 aliphatic carbocycles. The number of carbonyl (C=O) groups is 1. The lowest BCUT2D eigenvalue weighted by molar-refractivity contribution is -0.137. The van der Waals surface area contributed by atoms with E-state index in [9.17, 15) is 18.0 Å². The molecule has 1 aromatic heterocycles. The van der Waals surface area contributed by atoms with Crippen molar-refractivity contribution in [2.45, 2.75) is 25.4 Å². The zero-order chi connectivity index (χ0) is 18.5. The van der Waals surface area contributed by atoms with E-state index in [4.69, 9.17) is 0 Å². The number of alkyl halides is 3. The highest BCUT2D eigenvalue weighted by atomic mass is 19.4. The number of pyridine rings is 1. The summed E-state index contributed by atoms with van der Waals surface area (Å²) in [6, 6.07) is 8.69. The number of carbonyl (C=O) groups excluding carboxylic acids is 1. The Morgan fingerprint density at radius 3 is 2.40 bits per heavy atom. The largest absolute Gasteiger partial charge is 0.416 e. The van der Waals surface area contributed by atoms with Crippen LogP contribution in [0, 0.1) is 0 Å². The molecule has 2 aromatic rings. The third kappa shape index (κ3) is 5.45. The zero-order valence-corrected chi connectivity index (χ0v) is 14.0. The third-order valence-corrected chi connectivity index (χ3v) is 3.81. The third-order valence-electron chi connectivity index (χ3n) is 3.81. The molecule has 0 aliphatic heterocycles. The molecule has 1 amide bonds. The number of nitrogens with zero attached hydrogens (tertiary/aromatic N) is 1. The van der Waals surface area contributed by atoms with E-state index in [1.54, 1.807) is 50.5 Å². The SMILES string of the molecule is CC(C)(CNC(=O)/C=C/c1ccncc1)c1cccc(C(F)(F)F)c1. The first-order valence-electron chi connectivity index (χ1n) is 7.72. The summed E-state index contributed by atoms with van der Waals surface area (Å²) in [5, 5.41) is 2.73. The van der Waals surface area contributed by atoms with Crippen molar-refractivity contribution in [2.24, 2.45) is 0 Å². The normalized spacial score (nSPS) is 12.4. The number of amides is 1. The minimum absolute atomic E-state index is 0.216. The van der Waals surface area contributed by atoms with Crippen LogP contribution in [0.15, 0.2) is 54.9 Å². The number of nitrogens with one attached hydrogen (secondary N) is 1. The fourth-order valence-corrected chi connectivity index (χ4v) is 2.23. The lowest BCUT2D eigenvalue weighted by Gasteiger charge is -2.26. The van der Waals surface area contributed by atoms with Gasteiger partial charge in [-0.05, 0) is 35.4 Å². The van der Waals surface area contributed by atoms with Crippen molar-refractivity contribution < 1.29 is 18.0 Å². The molecule has 0 saturated carbocycles. The van der Waals surface area contributed by atoms with E-state index in [1.165, 1.54) is 12.1 Å². The Balaban J connectivity index is 2.01. The van der Waals surface area contributed by atoms with E-state index < -0.39 is 17.2 Å². The van der Waals surface area contributed by atoms with Gasteiger partial charge >= 0.3 is 6.18 Å². The minimum Gasteiger partial charge on any atom is -0.352 e. The van der Waals surface area contributed by atoms with Crippen molar-refractivity contribution in [3.8, 4) is 0 Å². The molecular weight excluding hydrogens is 329 g/mol. The van der Waals surface area contributed by atoms with E-state index in [1.807, 2.05) is 0 Å². The average Bonchev–Trinajstić information content (AvgIpc) is 2.58. The molecule has 0 atom stereocenters. The second-order valence-electron chi connectivity index (χ2n) is 6.29. The molecule has 0 saturated heterocycles. The van der Waals surface area contributed by atoms with Crippen molar-refractivity contribution in [1.82, 2.24) is 10.3 Å². The van der Waals surface area contributed by atoms with Gasteiger partial charge in [-0.1, -0.05) is 32.0 Å². The van der Waals surface area contributed by atoms with Gasteiger partial charge in [0.15, 0.2) is 0 Å². The van der Waals surface area contributed by atoms with Gasteiger partial charge in [-0.2, -0.15) is 13.2 Å². The number of aromatic nitrogens is 1. The summed E-state index contributed by atoms with van der Waals surface area (Å²) in [6.45, 7) is 3.79. The number of halogens is 3. The second kappa shape index (κ2) is 7.51. The van der Waals surface area contributed by atoms with Gasteiger partial charge in [-0.25, -0.2) is 0 Å². The first kappa shape index (κ1) is 18.7. The molecule has 0 radical (unpaired) electrons. The number of rotatable bonds is 5. The molecule has 132 valence electrons. The van der Waals surface area contributed by atoms with Crippen LogP contribution in [0.1, 0.15) is 30.5 Å². The molecule has 0 unspecified atom stereocenters. The van der Waals surface area contributed by atoms with Crippen molar-refractivity contribution >= 4 is 12.0 Å². The number of hydrogen-bond acceptors (Lipinski definition) is 2. The maximum Gasteiger partial charge on any atom is 0.416 e. The lowest BCUT2D eigenvalue weighted by atomic mass is 9.83. The van der Waals surface area contributed by atoms with E-state index in [0.717, 1.165) is 17.7 Å². The van der Waals surface area contributed by atoms with Crippen LogP contribution < -0.4 is 5.32 Å². The smallest absolute Gasteiger partial charge is 0.352 e. The maximum atomic E-state index is 12.8. The Morgan fingerprint density at radius 2 is 1.76 bits per heavy atom. The van der Waals surface area contributed by atoms with E-state index >= 15 is 0 Å². The van der Waals surface area contributed by atoms with Crippen LogP contribution in [0.4, 0.5) is 13.2 Å². The summed E-state index contributed by atoms with van der Waals surface area (Å²) in [5.41, 5.74) is 0.0199. The fourth-order valence-electron chi connectivity index (χ4n) is 2.23. The van der Waals surface area contributed by atoms with E-state index in [-0.39, 0.29) is 12.5 Å².